The van der Waals surface area contributed by atoms with Crippen LogP contribution in [-0.4, -0.2) is 34.7 Å². The highest BCUT2D eigenvalue weighted by Gasteiger charge is 2.50. The summed E-state index contributed by atoms with van der Waals surface area (Å²) in [5, 5.41) is 2.70. The van der Waals surface area contributed by atoms with Crippen LogP contribution in [0.25, 0.3) is 0 Å². The van der Waals surface area contributed by atoms with Gasteiger partial charge in [0.1, 0.15) is 17.4 Å². The van der Waals surface area contributed by atoms with E-state index in [0.717, 1.165) is 6.07 Å². The Morgan fingerprint density at radius 3 is 2.29 bits per heavy atom. The Labute approximate surface area is 218 Å². The Balaban J connectivity index is 1.93. The molecule has 2 amide bonds. The standard InChI is InChI=1S/C26H21ClF7N3O/c27-19-8-9-21(35-15-19)24(14-16-5-2-1-3-6-16,17-11-18(25(29,30)31)13-20(28)12-17)36-23(38)37-10-4-7-22(37)26(32,33)34/h1-3,5-6,8-9,11-13,15,22H,4,7,10,14H2,(H,36,38)/t22?,24-/m0/s1. The van der Waals surface area contributed by atoms with E-state index < -0.39 is 41.3 Å². The lowest BCUT2D eigenvalue weighted by atomic mass is 9.79. The van der Waals surface area contributed by atoms with Crippen molar-refractivity contribution in [3.63, 3.8) is 0 Å². The van der Waals surface area contributed by atoms with Gasteiger partial charge in [-0.3, -0.25) is 4.98 Å². The summed E-state index contributed by atoms with van der Waals surface area (Å²) in [5.41, 5.74) is -3.22. The molecule has 1 aliphatic heterocycles. The molecule has 2 heterocycles. The van der Waals surface area contributed by atoms with E-state index in [9.17, 15) is 35.5 Å². The summed E-state index contributed by atoms with van der Waals surface area (Å²) >= 11 is 5.97. The summed E-state index contributed by atoms with van der Waals surface area (Å²) in [7, 11) is 0. The first kappa shape index (κ1) is 27.7. The molecule has 12 heteroatoms. The number of carbonyl (C=O) groups is 1. The minimum atomic E-state index is -4.94. The maximum atomic E-state index is 14.7. The summed E-state index contributed by atoms with van der Waals surface area (Å²) in [5.74, 6) is -1.25. The lowest BCUT2D eigenvalue weighted by molar-refractivity contribution is -0.169. The second kappa shape index (κ2) is 10.4. The van der Waals surface area contributed by atoms with E-state index in [4.69, 9.17) is 11.6 Å². The van der Waals surface area contributed by atoms with Crippen LogP contribution >= 0.6 is 11.6 Å². The normalized spacial score (nSPS) is 17.8. The number of halogens is 8. The Bertz CT molecular complexity index is 1280. The van der Waals surface area contributed by atoms with E-state index in [1.165, 1.54) is 18.3 Å². The minimum Gasteiger partial charge on any atom is -0.322 e. The number of pyridine rings is 1. The van der Waals surface area contributed by atoms with Gasteiger partial charge in [-0.2, -0.15) is 26.3 Å². The molecule has 0 radical (unpaired) electrons. The van der Waals surface area contributed by atoms with Gasteiger partial charge in [-0.1, -0.05) is 41.9 Å². The van der Waals surface area contributed by atoms with Crippen molar-refractivity contribution in [2.75, 3.05) is 6.54 Å². The molecule has 202 valence electrons. The number of benzene rings is 2. The molecule has 1 aliphatic rings. The fraction of sp³-hybridized carbons (Fsp3) is 0.308. The molecule has 0 bridgehead atoms. The van der Waals surface area contributed by atoms with Gasteiger partial charge in [-0.25, -0.2) is 9.18 Å². The average molecular weight is 560 g/mol. The number of hydrogen-bond donors (Lipinski definition) is 1. The number of aromatic nitrogens is 1. The maximum Gasteiger partial charge on any atom is 0.416 e. The number of nitrogens with zero attached hydrogens (tertiary/aromatic N) is 2. The minimum absolute atomic E-state index is 0.0411. The topological polar surface area (TPSA) is 45.2 Å². The van der Waals surface area contributed by atoms with Crippen molar-refractivity contribution in [3.05, 3.63) is 100 Å². The van der Waals surface area contributed by atoms with Gasteiger partial charge < -0.3 is 10.2 Å². The zero-order valence-electron chi connectivity index (χ0n) is 19.6. The van der Waals surface area contributed by atoms with Gasteiger partial charge in [-0.05, 0) is 54.3 Å². The SMILES string of the molecule is O=C(N[C@@](Cc1ccccc1)(c1cc(F)cc(C(F)(F)F)c1)c1ccc(Cl)cn1)N1CCCC1C(F)(F)F. The monoisotopic (exact) mass is 559 g/mol. The molecule has 2 aromatic carbocycles. The Hall–Kier alpha value is -3.34. The molecule has 1 saturated heterocycles. The molecular weight excluding hydrogens is 539 g/mol. The van der Waals surface area contributed by atoms with Crippen molar-refractivity contribution >= 4 is 17.6 Å². The zero-order chi connectivity index (χ0) is 27.7. The third-order valence-electron chi connectivity index (χ3n) is 6.41. The van der Waals surface area contributed by atoms with E-state index in [1.54, 1.807) is 30.3 Å². The zero-order valence-corrected chi connectivity index (χ0v) is 20.3. The van der Waals surface area contributed by atoms with Crippen LogP contribution in [-0.2, 0) is 18.1 Å². The number of likely N-dealkylation sites (tertiary alicyclic amines) is 1. The molecule has 2 atom stereocenters. The van der Waals surface area contributed by atoms with Crippen molar-refractivity contribution in [1.29, 1.82) is 0 Å². The first-order valence-corrected chi connectivity index (χ1v) is 11.9. The van der Waals surface area contributed by atoms with Crippen LogP contribution in [0.15, 0.2) is 66.9 Å². The molecular formula is C26H21ClF7N3O. The van der Waals surface area contributed by atoms with E-state index in [0.29, 0.717) is 22.6 Å². The van der Waals surface area contributed by atoms with Crippen LogP contribution in [0.1, 0.15) is 35.2 Å². The lowest BCUT2D eigenvalue weighted by Gasteiger charge is -2.38. The third kappa shape index (κ3) is 5.87. The fourth-order valence-corrected chi connectivity index (χ4v) is 4.77. The molecule has 1 fully saturated rings. The van der Waals surface area contributed by atoms with Crippen molar-refractivity contribution in [2.24, 2.45) is 0 Å². The second-order valence-electron chi connectivity index (χ2n) is 8.98. The highest BCUT2D eigenvalue weighted by atomic mass is 35.5. The number of urea groups is 1. The fourth-order valence-electron chi connectivity index (χ4n) is 4.66. The highest BCUT2D eigenvalue weighted by molar-refractivity contribution is 6.30. The summed E-state index contributed by atoms with van der Waals surface area (Å²) in [6, 6.07) is 9.43. The van der Waals surface area contributed by atoms with Gasteiger partial charge >= 0.3 is 18.4 Å². The molecule has 0 saturated carbocycles. The molecule has 0 aliphatic carbocycles. The van der Waals surface area contributed by atoms with Crippen LogP contribution in [0.2, 0.25) is 5.02 Å². The molecule has 38 heavy (non-hydrogen) atoms. The van der Waals surface area contributed by atoms with Gasteiger partial charge in [0.2, 0.25) is 0 Å². The molecule has 0 spiro atoms. The molecule has 1 aromatic heterocycles. The van der Waals surface area contributed by atoms with E-state index in [2.05, 4.69) is 10.3 Å². The van der Waals surface area contributed by atoms with Crippen LogP contribution in [0, 0.1) is 5.82 Å². The van der Waals surface area contributed by atoms with Crippen LogP contribution in [0.5, 0.6) is 0 Å². The smallest absolute Gasteiger partial charge is 0.322 e. The van der Waals surface area contributed by atoms with Gasteiger partial charge in [0.05, 0.1) is 16.3 Å². The maximum absolute atomic E-state index is 14.7. The van der Waals surface area contributed by atoms with Gasteiger partial charge in [0, 0.05) is 19.2 Å². The summed E-state index contributed by atoms with van der Waals surface area (Å²) < 4.78 is 96.7. The first-order chi connectivity index (χ1) is 17.8. The van der Waals surface area contributed by atoms with E-state index in [1.807, 2.05) is 0 Å². The van der Waals surface area contributed by atoms with Crippen molar-refractivity contribution in [1.82, 2.24) is 15.2 Å². The number of amides is 2. The number of carbonyl (C=O) groups excluding carboxylic acids is 1. The lowest BCUT2D eigenvalue weighted by Crippen LogP contribution is -2.56. The third-order valence-corrected chi connectivity index (χ3v) is 6.63. The predicted octanol–water partition coefficient (Wildman–Crippen LogP) is 7.12. The summed E-state index contributed by atoms with van der Waals surface area (Å²) in [4.78, 5) is 18.2. The van der Waals surface area contributed by atoms with Gasteiger partial charge in [0.25, 0.3) is 0 Å². The predicted molar refractivity (Wildman–Crippen MR) is 126 cm³/mol. The van der Waals surface area contributed by atoms with Crippen molar-refractivity contribution < 1.29 is 35.5 Å². The average Bonchev–Trinajstić information content (AvgIpc) is 3.35. The highest BCUT2D eigenvalue weighted by Crippen LogP contribution is 2.39. The van der Waals surface area contributed by atoms with Crippen molar-refractivity contribution in [3.8, 4) is 0 Å². The van der Waals surface area contributed by atoms with Gasteiger partial charge in [0.15, 0.2) is 0 Å². The number of nitrogens with one attached hydrogen (secondary N) is 1. The van der Waals surface area contributed by atoms with E-state index in [-0.39, 0.29) is 42.1 Å². The van der Waals surface area contributed by atoms with Crippen LogP contribution < -0.4 is 5.32 Å². The summed E-state index contributed by atoms with van der Waals surface area (Å²) in [6.45, 7) is -0.220. The molecule has 4 rings (SSSR count). The Kier molecular flexibility index (Phi) is 7.60. The van der Waals surface area contributed by atoms with Crippen LogP contribution in [0.3, 0.4) is 0 Å². The Morgan fingerprint density at radius 2 is 1.68 bits per heavy atom. The van der Waals surface area contributed by atoms with Crippen LogP contribution in [0.4, 0.5) is 35.5 Å². The largest absolute Gasteiger partial charge is 0.416 e. The quantitative estimate of drug-likeness (QED) is 0.339. The number of hydrogen-bond acceptors (Lipinski definition) is 2. The number of rotatable bonds is 5. The summed E-state index contributed by atoms with van der Waals surface area (Å²) in [6.07, 6.45) is -8.96. The van der Waals surface area contributed by atoms with E-state index >= 15 is 0 Å². The molecule has 1 unspecified atom stereocenters. The second-order valence-corrected chi connectivity index (χ2v) is 9.42. The molecule has 4 nitrogen and oxygen atoms in total. The molecule has 3 aromatic rings. The Morgan fingerprint density at radius 1 is 1.00 bits per heavy atom. The number of alkyl halides is 6. The first-order valence-electron chi connectivity index (χ1n) is 11.5. The van der Waals surface area contributed by atoms with Gasteiger partial charge in [-0.15, -0.1) is 0 Å². The van der Waals surface area contributed by atoms with Crippen molar-refractivity contribution in [2.45, 2.75) is 43.2 Å². The molecule has 1 N–H and O–H groups in total.